The molecule has 8 nitrogen and oxygen atoms in total. The second-order valence-corrected chi connectivity index (χ2v) is 6.98. The highest BCUT2D eigenvalue weighted by Gasteiger charge is 2.64. The zero-order valence-electron chi connectivity index (χ0n) is 16.0. The molecule has 0 saturated carbocycles. The molecule has 0 aromatic heterocycles. The SMILES string of the molecule is CCCCCCCCCCCCCCCCC(C(=O)O)([N+](=O)[O-])[N+](=O)[O-]. The molecule has 0 saturated heterocycles. The lowest BCUT2D eigenvalue weighted by Gasteiger charge is -2.12. The number of rotatable bonds is 18. The van der Waals surface area contributed by atoms with E-state index in [1.165, 1.54) is 51.4 Å². The molecule has 0 aliphatic carbocycles. The summed E-state index contributed by atoms with van der Waals surface area (Å²) in [5, 5.41) is 30.6. The van der Waals surface area contributed by atoms with Crippen LogP contribution in [-0.2, 0) is 4.79 Å². The van der Waals surface area contributed by atoms with Crippen LogP contribution < -0.4 is 0 Å². The van der Waals surface area contributed by atoms with Crippen molar-refractivity contribution < 1.29 is 19.7 Å². The van der Waals surface area contributed by atoms with Gasteiger partial charge in [0.25, 0.3) is 0 Å². The Morgan fingerprint density at radius 2 is 1.04 bits per heavy atom. The van der Waals surface area contributed by atoms with E-state index in [9.17, 15) is 25.0 Å². The van der Waals surface area contributed by atoms with Crippen LogP contribution in [0.2, 0.25) is 0 Å². The molecule has 26 heavy (non-hydrogen) atoms. The summed E-state index contributed by atoms with van der Waals surface area (Å²) in [7, 11) is 0. The van der Waals surface area contributed by atoms with Crippen LogP contribution in [0, 0.1) is 20.2 Å². The molecular formula is C18H34N2O6. The standard InChI is InChI=1S/C18H34N2O6/c1-2-3-4-5-6-7-8-9-10-11-12-13-14-15-16-18(17(21)22,19(23)24)20(25)26/h2-16H2,1H3,(H,21,22). The van der Waals surface area contributed by atoms with Crippen molar-refractivity contribution in [3.63, 3.8) is 0 Å². The Hall–Kier alpha value is -1.73. The Morgan fingerprint density at radius 3 is 1.31 bits per heavy atom. The van der Waals surface area contributed by atoms with E-state index in [2.05, 4.69) is 6.92 Å². The Kier molecular flexibility index (Phi) is 13.5. The van der Waals surface area contributed by atoms with Crippen molar-refractivity contribution in [2.24, 2.45) is 0 Å². The maximum absolute atomic E-state index is 11.0. The monoisotopic (exact) mass is 374 g/mol. The minimum atomic E-state index is -3.10. The number of unbranched alkanes of at least 4 members (excludes halogenated alkanes) is 13. The van der Waals surface area contributed by atoms with E-state index in [1.807, 2.05) is 0 Å². The van der Waals surface area contributed by atoms with E-state index < -0.39 is 27.9 Å². The molecule has 0 fully saturated rings. The molecule has 0 bridgehead atoms. The van der Waals surface area contributed by atoms with Gasteiger partial charge in [0.15, 0.2) is 0 Å². The lowest BCUT2D eigenvalue weighted by Crippen LogP contribution is -2.53. The van der Waals surface area contributed by atoms with Gasteiger partial charge >= 0.3 is 11.6 Å². The summed E-state index contributed by atoms with van der Waals surface area (Å²) in [5.41, 5.74) is -3.10. The molecule has 1 N–H and O–H groups in total. The quantitative estimate of drug-likeness (QED) is 0.152. The largest absolute Gasteiger partial charge is 0.552 e. The van der Waals surface area contributed by atoms with Crippen LogP contribution in [0.3, 0.4) is 0 Å². The van der Waals surface area contributed by atoms with Gasteiger partial charge in [-0.15, -0.1) is 0 Å². The molecule has 0 heterocycles. The number of nitro groups is 2. The molecule has 0 aliphatic rings. The average molecular weight is 374 g/mol. The van der Waals surface area contributed by atoms with E-state index in [4.69, 9.17) is 5.11 Å². The first-order chi connectivity index (χ1) is 12.4. The summed E-state index contributed by atoms with van der Waals surface area (Å²) in [5.74, 6) is -2.00. The van der Waals surface area contributed by atoms with E-state index >= 15 is 0 Å². The van der Waals surface area contributed by atoms with E-state index in [0.717, 1.165) is 25.7 Å². The van der Waals surface area contributed by atoms with Gasteiger partial charge in [0.2, 0.25) is 0 Å². The second kappa shape index (κ2) is 14.4. The predicted molar refractivity (Wildman–Crippen MR) is 99.3 cm³/mol. The van der Waals surface area contributed by atoms with Gasteiger partial charge < -0.3 is 5.11 Å². The van der Waals surface area contributed by atoms with Gasteiger partial charge in [0.05, 0.1) is 0 Å². The van der Waals surface area contributed by atoms with E-state index in [0.29, 0.717) is 6.42 Å². The first-order valence-electron chi connectivity index (χ1n) is 9.92. The van der Waals surface area contributed by atoms with Crippen LogP contribution in [0.1, 0.15) is 103 Å². The maximum Gasteiger partial charge on any atom is 0.552 e. The van der Waals surface area contributed by atoms with Crippen LogP contribution in [0.15, 0.2) is 0 Å². The highest BCUT2D eigenvalue weighted by molar-refractivity contribution is 5.74. The normalized spacial score (nSPS) is 11.4. The number of carbonyl (C=O) groups is 1. The maximum atomic E-state index is 11.0. The molecule has 0 spiro atoms. The Morgan fingerprint density at radius 1 is 0.731 bits per heavy atom. The van der Waals surface area contributed by atoms with Gasteiger partial charge in [-0.05, 0) is 6.42 Å². The van der Waals surface area contributed by atoms with Gasteiger partial charge in [-0.3, -0.25) is 20.2 Å². The summed E-state index contributed by atoms with van der Waals surface area (Å²) in [6.45, 7) is 2.22. The summed E-state index contributed by atoms with van der Waals surface area (Å²) < 4.78 is 0. The molecule has 0 aromatic rings. The number of carboxylic acid groups (broad SMARTS) is 1. The van der Waals surface area contributed by atoms with Gasteiger partial charge in [-0.1, -0.05) is 90.4 Å². The topological polar surface area (TPSA) is 124 Å². The van der Waals surface area contributed by atoms with Crippen molar-refractivity contribution in [1.82, 2.24) is 0 Å². The third-order valence-electron chi connectivity index (χ3n) is 4.83. The van der Waals surface area contributed by atoms with Crippen molar-refractivity contribution in [3.05, 3.63) is 20.2 Å². The van der Waals surface area contributed by atoms with E-state index in [-0.39, 0.29) is 6.42 Å². The summed E-state index contributed by atoms with van der Waals surface area (Å²) in [6, 6.07) is 0. The molecule has 0 atom stereocenters. The lowest BCUT2D eigenvalue weighted by molar-refractivity contribution is -0.779. The van der Waals surface area contributed by atoms with Crippen molar-refractivity contribution in [1.29, 1.82) is 0 Å². The van der Waals surface area contributed by atoms with Crippen LogP contribution in [0.5, 0.6) is 0 Å². The Bertz CT molecular complexity index is 392. The van der Waals surface area contributed by atoms with Gasteiger partial charge in [0, 0.05) is 0 Å². The molecule has 0 unspecified atom stereocenters. The van der Waals surface area contributed by atoms with E-state index in [1.54, 1.807) is 0 Å². The predicted octanol–water partition coefficient (Wildman–Crippen LogP) is 5.19. The van der Waals surface area contributed by atoms with Crippen LogP contribution in [0.25, 0.3) is 0 Å². The zero-order chi connectivity index (χ0) is 19.8. The van der Waals surface area contributed by atoms with Crippen molar-refractivity contribution in [2.45, 2.75) is 109 Å². The molecular weight excluding hydrogens is 340 g/mol. The average Bonchev–Trinajstić information content (AvgIpc) is 2.57. The molecule has 0 aliphatic heterocycles. The highest BCUT2D eigenvalue weighted by atomic mass is 16.7. The lowest BCUT2D eigenvalue weighted by atomic mass is 10.0. The summed E-state index contributed by atoms with van der Waals surface area (Å²) in [4.78, 5) is 30.1. The van der Waals surface area contributed by atoms with Gasteiger partial charge in [-0.2, -0.15) is 0 Å². The molecule has 0 aromatic carbocycles. The molecule has 0 radical (unpaired) electrons. The fourth-order valence-corrected chi connectivity index (χ4v) is 3.08. The highest BCUT2D eigenvalue weighted by Crippen LogP contribution is 2.21. The summed E-state index contributed by atoms with van der Waals surface area (Å²) in [6.07, 6.45) is 14.6. The van der Waals surface area contributed by atoms with Crippen molar-refractivity contribution in [3.8, 4) is 0 Å². The fourth-order valence-electron chi connectivity index (χ4n) is 3.08. The third kappa shape index (κ3) is 9.10. The number of carboxylic acids is 1. The minimum Gasteiger partial charge on any atom is -0.470 e. The third-order valence-corrected chi connectivity index (χ3v) is 4.83. The molecule has 0 amide bonds. The van der Waals surface area contributed by atoms with Crippen molar-refractivity contribution in [2.75, 3.05) is 0 Å². The second-order valence-electron chi connectivity index (χ2n) is 6.98. The Labute approximate surface area is 155 Å². The molecule has 0 rings (SSSR count). The minimum absolute atomic E-state index is 0.173. The smallest absolute Gasteiger partial charge is 0.470 e. The zero-order valence-corrected chi connectivity index (χ0v) is 16.0. The number of nitrogens with zero attached hydrogens (tertiary/aromatic N) is 2. The Balaban J connectivity index is 3.68. The molecule has 152 valence electrons. The first-order valence-corrected chi connectivity index (χ1v) is 9.92. The number of hydrogen-bond acceptors (Lipinski definition) is 5. The van der Waals surface area contributed by atoms with Crippen LogP contribution in [0.4, 0.5) is 0 Å². The fraction of sp³-hybridized carbons (Fsp3) is 0.944. The number of aliphatic carboxylic acids is 1. The van der Waals surface area contributed by atoms with Gasteiger partial charge in [0.1, 0.15) is 16.3 Å². The summed E-state index contributed by atoms with van der Waals surface area (Å²) >= 11 is 0. The van der Waals surface area contributed by atoms with Crippen LogP contribution >= 0.6 is 0 Å². The first kappa shape index (κ1) is 24.3. The van der Waals surface area contributed by atoms with Gasteiger partial charge in [-0.25, -0.2) is 4.79 Å². The molecule has 8 heteroatoms. The number of hydrogen-bond donors (Lipinski definition) is 1. The van der Waals surface area contributed by atoms with Crippen molar-refractivity contribution >= 4 is 5.97 Å². The van der Waals surface area contributed by atoms with Crippen LogP contribution in [-0.4, -0.2) is 26.6 Å².